The number of allylic oxidation sites excluding steroid dienone is 1. The highest BCUT2D eigenvalue weighted by atomic mass is 79.9. The molecule has 0 saturated carbocycles. The largest absolute Gasteiger partial charge is 0.455 e. The van der Waals surface area contributed by atoms with Gasteiger partial charge in [0.2, 0.25) is 11.8 Å². The summed E-state index contributed by atoms with van der Waals surface area (Å²) in [5.74, 6) is -3.69. The van der Waals surface area contributed by atoms with Crippen molar-refractivity contribution in [2.24, 2.45) is 11.8 Å². The summed E-state index contributed by atoms with van der Waals surface area (Å²) in [6, 6.07) is 14.5. The number of likely N-dealkylation sites (N-methyl/N-ethyl adjacent to an activating group) is 1. The Morgan fingerprint density at radius 2 is 1.71 bits per heavy atom. The highest BCUT2D eigenvalue weighted by molar-refractivity contribution is 9.11. The Morgan fingerprint density at radius 3 is 2.44 bits per heavy atom. The molecule has 1 spiro atoms. The van der Waals surface area contributed by atoms with Gasteiger partial charge in [-0.1, -0.05) is 82.1 Å². The molecule has 0 unspecified atom stereocenters. The van der Waals surface area contributed by atoms with E-state index in [1.54, 1.807) is 42.3 Å². The van der Waals surface area contributed by atoms with Crippen LogP contribution in [0.2, 0.25) is 5.02 Å². The van der Waals surface area contributed by atoms with Gasteiger partial charge in [-0.2, -0.15) is 0 Å². The summed E-state index contributed by atoms with van der Waals surface area (Å²) in [5.41, 5.74) is -0.300. The Balaban J connectivity index is 1.48. The Morgan fingerprint density at radius 1 is 0.979 bits per heavy atom. The molecule has 7 atom stereocenters. The molecule has 4 aliphatic rings. The van der Waals surface area contributed by atoms with Crippen molar-refractivity contribution in [3.05, 3.63) is 87.9 Å². The van der Waals surface area contributed by atoms with E-state index < -0.39 is 53.6 Å². The Bertz CT molecular complexity index is 1640. The molecule has 2 aromatic carbocycles. The summed E-state index contributed by atoms with van der Waals surface area (Å²) in [5, 5.41) is 9.89. The van der Waals surface area contributed by atoms with Crippen LogP contribution in [-0.4, -0.2) is 89.1 Å². The summed E-state index contributed by atoms with van der Waals surface area (Å²) < 4.78 is 13.5. The molecule has 48 heavy (non-hydrogen) atoms. The monoisotopic (exact) mass is 739 g/mol. The third-order valence-corrected chi connectivity index (χ3v) is 10.9. The van der Waals surface area contributed by atoms with Gasteiger partial charge in [-0.15, -0.1) is 0 Å². The first kappa shape index (κ1) is 34.4. The van der Waals surface area contributed by atoms with Crippen LogP contribution in [0.1, 0.15) is 44.3 Å². The minimum absolute atomic E-state index is 0.0687. The van der Waals surface area contributed by atoms with Gasteiger partial charge < -0.3 is 29.3 Å². The first-order valence-corrected chi connectivity index (χ1v) is 17.5. The van der Waals surface area contributed by atoms with Gasteiger partial charge in [0.25, 0.3) is 5.91 Å². The van der Waals surface area contributed by atoms with E-state index in [4.69, 9.17) is 21.1 Å². The average molecular weight is 741 g/mol. The van der Waals surface area contributed by atoms with Gasteiger partial charge in [-0.25, -0.2) is 0 Å². The number of hydrogen-bond acceptors (Lipinski definition) is 7. The van der Waals surface area contributed by atoms with E-state index in [0.717, 1.165) is 0 Å². The molecule has 0 aliphatic carbocycles. The van der Waals surface area contributed by atoms with E-state index in [9.17, 15) is 24.3 Å². The van der Waals surface area contributed by atoms with Gasteiger partial charge in [0, 0.05) is 37.6 Å². The topological polar surface area (TPSA) is 117 Å². The molecule has 0 radical (unpaired) electrons. The van der Waals surface area contributed by atoms with Crippen molar-refractivity contribution in [2.45, 2.75) is 62.5 Å². The molecule has 254 valence electrons. The number of aliphatic hydroxyl groups is 1. The number of esters is 1. The number of cyclic esters (lactones) is 1. The number of hydrogen-bond donors (Lipinski definition) is 1. The SMILES string of the molecule is C[C@@H]1[C@@H](c2ccccc2)OC(=O)[C@@H]2[C@H]3O[C@@]4(C=C3Br)[C@H](C(=O)N(c3ccccc3Cl)C/C=C\CCC(=O)N1C)N(CCCCO)C(=O)[C@@H]24. The predicted octanol–water partition coefficient (Wildman–Crippen LogP) is 4.80. The second-order valence-electron chi connectivity index (χ2n) is 12.7. The number of ether oxygens (including phenoxy) is 2. The lowest BCUT2D eigenvalue weighted by molar-refractivity contribution is -0.164. The lowest BCUT2D eigenvalue weighted by Crippen LogP contribution is -2.56. The van der Waals surface area contributed by atoms with Crippen LogP contribution in [0, 0.1) is 11.8 Å². The molecule has 3 amide bonds. The summed E-state index contributed by atoms with van der Waals surface area (Å²) in [6.45, 7) is 2.06. The van der Waals surface area contributed by atoms with Crippen LogP contribution in [0.5, 0.6) is 0 Å². The number of likely N-dealkylation sites (tertiary alicyclic amines) is 1. The van der Waals surface area contributed by atoms with Gasteiger partial charge >= 0.3 is 5.97 Å². The van der Waals surface area contributed by atoms with Crippen molar-refractivity contribution in [3.8, 4) is 0 Å². The third-order valence-electron chi connectivity index (χ3n) is 9.94. The van der Waals surface area contributed by atoms with E-state index in [0.29, 0.717) is 40.0 Å². The normalized spacial score (nSPS) is 31.6. The zero-order valence-corrected chi connectivity index (χ0v) is 29.2. The zero-order valence-electron chi connectivity index (χ0n) is 26.8. The molecule has 2 saturated heterocycles. The second kappa shape index (κ2) is 14.2. The molecule has 4 aliphatic heterocycles. The van der Waals surface area contributed by atoms with Crippen molar-refractivity contribution < 1.29 is 33.8 Å². The number of carbonyl (C=O) groups excluding carboxylic acids is 4. The molecule has 1 N–H and O–H groups in total. The fourth-order valence-electron chi connectivity index (χ4n) is 7.43. The zero-order chi connectivity index (χ0) is 34.2. The lowest BCUT2D eigenvalue weighted by atomic mass is 9.74. The van der Waals surface area contributed by atoms with Crippen molar-refractivity contribution in [2.75, 3.05) is 31.6 Å². The van der Waals surface area contributed by atoms with Crippen LogP contribution in [0.4, 0.5) is 5.69 Å². The lowest BCUT2D eigenvalue weighted by Gasteiger charge is -2.36. The number of fused-ring (bicyclic) bond motifs is 2. The fraction of sp³-hybridized carbons (Fsp3) is 0.444. The maximum absolute atomic E-state index is 14.9. The Hall–Kier alpha value is -3.51. The summed E-state index contributed by atoms with van der Waals surface area (Å²) in [4.78, 5) is 61.8. The molecule has 2 aromatic rings. The minimum Gasteiger partial charge on any atom is -0.455 e. The maximum atomic E-state index is 14.9. The number of aliphatic hydroxyl groups excluding tert-OH is 1. The van der Waals surface area contributed by atoms with E-state index in [1.807, 2.05) is 49.4 Å². The molecule has 12 heteroatoms. The van der Waals surface area contributed by atoms with Crippen LogP contribution < -0.4 is 4.90 Å². The molecular formula is C36H39BrClN3O7. The first-order valence-electron chi connectivity index (χ1n) is 16.3. The Kier molecular flexibility index (Phi) is 10.1. The van der Waals surface area contributed by atoms with Crippen LogP contribution in [0.3, 0.4) is 0 Å². The summed E-state index contributed by atoms with van der Waals surface area (Å²) >= 11 is 10.2. The predicted molar refractivity (Wildman–Crippen MR) is 183 cm³/mol. The maximum Gasteiger partial charge on any atom is 0.313 e. The first-order chi connectivity index (χ1) is 23.1. The Labute approximate surface area is 293 Å². The van der Waals surface area contributed by atoms with Gasteiger partial charge in [0.05, 0.1) is 22.7 Å². The number of rotatable bonds is 6. The van der Waals surface area contributed by atoms with Crippen LogP contribution in [0.15, 0.2) is 77.3 Å². The quantitative estimate of drug-likeness (QED) is 0.257. The number of halogens is 2. The van der Waals surface area contributed by atoms with Crippen molar-refractivity contribution in [1.82, 2.24) is 9.80 Å². The van der Waals surface area contributed by atoms with Gasteiger partial charge in [-0.3, -0.25) is 19.2 Å². The number of unbranched alkanes of at least 4 members (excludes halogenated alkanes) is 1. The smallest absolute Gasteiger partial charge is 0.313 e. The number of benzene rings is 2. The standard InChI is InChI=1S/C36H39BrClN3O7/c1-22-30(23-13-5-3-6-14-23)47-35(46)28-29-33(44)41(19-11-12-20-42)32(36(29)21-24(37)31(28)48-36)34(45)40(26-16-9-8-15-25(26)38)18-10-4-7-17-27(43)39(22)2/h3-6,8-10,13-16,21-22,28-32,42H,7,11-12,17-20H2,1-2H3/b10-4-/t22-,28+,29-,30+,31+,32+,36-/m1/s1. The molecule has 10 nitrogen and oxygen atoms in total. The molecular weight excluding hydrogens is 702 g/mol. The number of anilines is 1. The van der Waals surface area contributed by atoms with Crippen molar-refractivity contribution in [3.63, 3.8) is 0 Å². The van der Waals surface area contributed by atoms with Crippen molar-refractivity contribution in [1.29, 1.82) is 0 Å². The van der Waals surface area contributed by atoms with Gasteiger partial charge in [-0.05, 0) is 50.0 Å². The van der Waals surface area contributed by atoms with Gasteiger partial charge in [0.15, 0.2) is 0 Å². The van der Waals surface area contributed by atoms with Crippen LogP contribution >= 0.6 is 27.5 Å². The molecule has 2 fully saturated rings. The number of nitrogens with zero attached hydrogens (tertiary/aromatic N) is 3. The fourth-order valence-corrected chi connectivity index (χ4v) is 8.40. The molecule has 4 heterocycles. The van der Waals surface area contributed by atoms with E-state index in [2.05, 4.69) is 15.9 Å². The molecule has 6 rings (SSSR count). The molecule has 0 aromatic heterocycles. The average Bonchev–Trinajstić information content (AvgIpc) is 3.68. The number of amides is 3. The molecule has 5 bridgehead atoms. The number of para-hydroxylation sites is 1. The van der Waals surface area contributed by atoms with Gasteiger partial charge in [0.1, 0.15) is 29.8 Å². The summed E-state index contributed by atoms with van der Waals surface area (Å²) in [6.07, 6.45) is 5.25. The van der Waals surface area contributed by atoms with Crippen molar-refractivity contribution >= 4 is 56.9 Å². The highest BCUT2D eigenvalue weighted by Gasteiger charge is 2.75. The highest BCUT2D eigenvalue weighted by Crippen LogP contribution is 2.59. The minimum atomic E-state index is -1.46. The second-order valence-corrected chi connectivity index (χ2v) is 14.0. The van der Waals surface area contributed by atoms with E-state index in [-0.39, 0.29) is 37.9 Å². The van der Waals surface area contributed by atoms with Crippen LogP contribution in [-0.2, 0) is 28.7 Å². The van der Waals surface area contributed by atoms with E-state index >= 15 is 0 Å². The van der Waals surface area contributed by atoms with E-state index in [1.165, 1.54) is 9.80 Å². The third kappa shape index (κ3) is 5.99. The van der Waals surface area contributed by atoms with Crippen LogP contribution in [0.25, 0.3) is 0 Å². The summed E-state index contributed by atoms with van der Waals surface area (Å²) in [7, 11) is 1.69. The number of carbonyl (C=O) groups is 4.